The molecule has 0 aromatic heterocycles. The fourth-order valence-corrected chi connectivity index (χ4v) is 1.50. The van der Waals surface area contributed by atoms with Crippen LogP contribution in [0.25, 0.3) is 0 Å². The normalized spacial score (nSPS) is 10.7. The van der Waals surface area contributed by atoms with Crippen LogP contribution < -0.4 is 5.32 Å². The summed E-state index contributed by atoms with van der Waals surface area (Å²) in [5, 5.41) is 12.2. The standard InChI is InChI=1S/C13H19NO2/c1-10(2)7-8-14-9-11-5-3-4-6-12(11)13(15)16/h3-6,10,14H,7-9H2,1-2H3,(H,15,16). The number of hydrogen-bond acceptors (Lipinski definition) is 2. The molecule has 0 spiro atoms. The summed E-state index contributed by atoms with van der Waals surface area (Å²) in [6, 6.07) is 7.11. The summed E-state index contributed by atoms with van der Waals surface area (Å²) < 4.78 is 0. The molecular weight excluding hydrogens is 202 g/mol. The lowest BCUT2D eigenvalue weighted by atomic mass is 10.1. The predicted molar refractivity (Wildman–Crippen MR) is 64.6 cm³/mol. The Labute approximate surface area is 96.5 Å². The molecular formula is C13H19NO2. The fraction of sp³-hybridized carbons (Fsp3) is 0.462. The molecule has 0 bridgehead atoms. The molecule has 0 heterocycles. The van der Waals surface area contributed by atoms with Gasteiger partial charge in [-0.1, -0.05) is 32.0 Å². The van der Waals surface area contributed by atoms with Gasteiger partial charge in [0.05, 0.1) is 5.56 Å². The van der Waals surface area contributed by atoms with Crippen molar-refractivity contribution in [1.82, 2.24) is 5.32 Å². The lowest BCUT2D eigenvalue weighted by Crippen LogP contribution is -2.18. The van der Waals surface area contributed by atoms with Gasteiger partial charge in [0, 0.05) is 6.54 Å². The summed E-state index contributed by atoms with van der Waals surface area (Å²) in [5.41, 5.74) is 1.23. The minimum absolute atomic E-state index is 0.388. The molecule has 0 saturated heterocycles. The van der Waals surface area contributed by atoms with Crippen LogP contribution in [-0.2, 0) is 6.54 Å². The average Bonchev–Trinajstić information content (AvgIpc) is 2.24. The molecule has 1 rings (SSSR count). The van der Waals surface area contributed by atoms with Crippen molar-refractivity contribution in [3.63, 3.8) is 0 Å². The van der Waals surface area contributed by atoms with Gasteiger partial charge >= 0.3 is 5.97 Å². The maximum Gasteiger partial charge on any atom is 0.336 e. The number of benzene rings is 1. The van der Waals surface area contributed by atoms with E-state index in [0.717, 1.165) is 18.5 Å². The summed E-state index contributed by atoms with van der Waals surface area (Å²) >= 11 is 0. The van der Waals surface area contributed by atoms with Crippen LogP contribution in [0.1, 0.15) is 36.2 Å². The molecule has 3 nitrogen and oxygen atoms in total. The molecule has 0 unspecified atom stereocenters. The molecule has 0 fully saturated rings. The minimum Gasteiger partial charge on any atom is -0.478 e. The van der Waals surface area contributed by atoms with Crippen molar-refractivity contribution < 1.29 is 9.90 Å². The molecule has 0 radical (unpaired) electrons. The Bertz CT molecular complexity index is 348. The first-order valence-electron chi connectivity index (χ1n) is 5.63. The van der Waals surface area contributed by atoms with E-state index in [2.05, 4.69) is 19.2 Å². The van der Waals surface area contributed by atoms with Gasteiger partial charge in [-0.05, 0) is 30.5 Å². The number of aromatic carboxylic acids is 1. The molecule has 16 heavy (non-hydrogen) atoms. The van der Waals surface area contributed by atoms with E-state index in [1.165, 1.54) is 0 Å². The van der Waals surface area contributed by atoms with Gasteiger partial charge in [0.1, 0.15) is 0 Å². The van der Waals surface area contributed by atoms with Crippen LogP contribution in [0.5, 0.6) is 0 Å². The molecule has 1 aromatic carbocycles. The summed E-state index contributed by atoms with van der Waals surface area (Å²) in [4.78, 5) is 10.9. The van der Waals surface area contributed by atoms with Gasteiger partial charge in [-0.3, -0.25) is 0 Å². The molecule has 0 aliphatic rings. The Morgan fingerprint density at radius 1 is 1.38 bits per heavy atom. The summed E-state index contributed by atoms with van der Waals surface area (Å²) in [7, 11) is 0. The SMILES string of the molecule is CC(C)CCNCc1ccccc1C(=O)O. The molecule has 0 aliphatic heterocycles. The Morgan fingerprint density at radius 2 is 2.06 bits per heavy atom. The van der Waals surface area contributed by atoms with E-state index >= 15 is 0 Å². The highest BCUT2D eigenvalue weighted by Crippen LogP contribution is 2.08. The molecule has 3 heteroatoms. The van der Waals surface area contributed by atoms with Crippen LogP contribution in [0.3, 0.4) is 0 Å². The first-order valence-corrected chi connectivity index (χ1v) is 5.63. The highest BCUT2D eigenvalue weighted by atomic mass is 16.4. The van der Waals surface area contributed by atoms with Gasteiger partial charge in [-0.2, -0.15) is 0 Å². The van der Waals surface area contributed by atoms with Gasteiger partial charge in [-0.25, -0.2) is 4.79 Å². The Balaban J connectivity index is 2.50. The summed E-state index contributed by atoms with van der Waals surface area (Å²) in [6.45, 7) is 5.89. The monoisotopic (exact) mass is 221 g/mol. The van der Waals surface area contributed by atoms with Crippen molar-refractivity contribution >= 4 is 5.97 Å². The van der Waals surface area contributed by atoms with Gasteiger partial charge in [0.15, 0.2) is 0 Å². The topological polar surface area (TPSA) is 49.3 Å². The van der Waals surface area contributed by atoms with Crippen molar-refractivity contribution in [1.29, 1.82) is 0 Å². The Kier molecular flexibility index (Phi) is 4.99. The van der Waals surface area contributed by atoms with E-state index in [0.29, 0.717) is 18.0 Å². The summed E-state index contributed by atoms with van der Waals surface area (Å²) in [5.74, 6) is -0.191. The highest BCUT2D eigenvalue weighted by molar-refractivity contribution is 5.89. The number of carbonyl (C=O) groups is 1. The molecule has 0 amide bonds. The van der Waals surface area contributed by atoms with Crippen LogP contribution in [0.15, 0.2) is 24.3 Å². The quantitative estimate of drug-likeness (QED) is 0.726. The molecule has 0 atom stereocenters. The first-order chi connectivity index (χ1) is 7.61. The van der Waals surface area contributed by atoms with E-state index in [1.54, 1.807) is 12.1 Å². The van der Waals surface area contributed by atoms with Crippen molar-refractivity contribution in [2.24, 2.45) is 5.92 Å². The zero-order valence-electron chi connectivity index (χ0n) is 9.86. The van der Waals surface area contributed by atoms with Crippen molar-refractivity contribution in [2.75, 3.05) is 6.54 Å². The predicted octanol–water partition coefficient (Wildman–Crippen LogP) is 2.52. The number of carboxylic acid groups (broad SMARTS) is 1. The first kappa shape index (κ1) is 12.7. The zero-order chi connectivity index (χ0) is 12.0. The third-order valence-electron chi connectivity index (χ3n) is 2.46. The Hall–Kier alpha value is -1.35. The van der Waals surface area contributed by atoms with E-state index in [-0.39, 0.29) is 0 Å². The lowest BCUT2D eigenvalue weighted by molar-refractivity contribution is 0.0695. The molecule has 0 aliphatic carbocycles. The largest absolute Gasteiger partial charge is 0.478 e. The van der Waals surface area contributed by atoms with Crippen LogP contribution in [0, 0.1) is 5.92 Å². The number of rotatable bonds is 6. The zero-order valence-corrected chi connectivity index (χ0v) is 9.86. The smallest absolute Gasteiger partial charge is 0.336 e. The maximum absolute atomic E-state index is 10.9. The van der Waals surface area contributed by atoms with Crippen LogP contribution in [-0.4, -0.2) is 17.6 Å². The van der Waals surface area contributed by atoms with E-state index in [9.17, 15) is 4.79 Å². The minimum atomic E-state index is -0.860. The average molecular weight is 221 g/mol. The van der Waals surface area contributed by atoms with Gasteiger partial charge < -0.3 is 10.4 Å². The van der Waals surface area contributed by atoms with Crippen LogP contribution in [0.4, 0.5) is 0 Å². The van der Waals surface area contributed by atoms with Crippen molar-refractivity contribution in [3.8, 4) is 0 Å². The second-order valence-electron chi connectivity index (χ2n) is 4.32. The lowest BCUT2D eigenvalue weighted by Gasteiger charge is -2.09. The fourth-order valence-electron chi connectivity index (χ4n) is 1.50. The van der Waals surface area contributed by atoms with Crippen LogP contribution in [0.2, 0.25) is 0 Å². The van der Waals surface area contributed by atoms with Crippen molar-refractivity contribution in [2.45, 2.75) is 26.8 Å². The van der Waals surface area contributed by atoms with E-state index in [4.69, 9.17) is 5.11 Å². The summed E-state index contributed by atoms with van der Waals surface area (Å²) in [6.07, 6.45) is 1.11. The molecule has 0 saturated carbocycles. The maximum atomic E-state index is 10.9. The van der Waals surface area contributed by atoms with E-state index in [1.807, 2.05) is 12.1 Å². The van der Waals surface area contributed by atoms with Crippen LogP contribution >= 0.6 is 0 Å². The second kappa shape index (κ2) is 6.28. The third-order valence-corrected chi connectivity index (χ3v) is 2.46. The Morgan fingerprint density at radius 3 is 2.69 bits per heavy atom. The van der Waals surface area contributed by atoms with Gasteiger partial charge in [0.25, 0.3) is 0 Å². The second-order valence-corrected chi connectivity index (χ2v) is 4.32. The van der Waals surface area contributed by atoms with E-state index < -0.39 is 5.97 Å². The number of nitrogens with one attached hydrogen (secondary N) is 1. The van der Waals surface area contributed by atoms with Gasteiger partial charge in [0.2, 0.25) is 0 Å². The molecule has 88 valence electrons. The van der Waals surface area contributed by atoms with Gasteiger partial charge in [-0.15, -0.1) is 0 Å². The van der Waals surface area contributed by atoms with Crippen molar-refractivity contribution in [3.05, 3.63) is 35.4 Å². The third kappa shape index (κ3) is 4.03. The highest BCUT2D eigenvalue weighted by Gasteiger charge is 2.07. The number of hydrogen-bond donors (Lipinski definition) is 2. The molecule has 2 N–H and O–H groups in total. The molecule has 1 aromatic rings. The number of carboxylic acids is 1.